The van der Waals surface area contributed by atoms with Gasteiger partial charge in [-0.05, 0) is 61.4 Å². The second-order valence-corrected chi connectivity index (χ2v) is 16.3. The summed E-state index contributed by atoms with van der Waals surface area (Å²) in [6, 6.07) is 17.3. The SMILES string of the molecule is CC1=C2C(O)C(=O)[C@]3(C)C(O)CC4OC[C@@]4(O)C3C(OC(=O)c3ccccc3)C(O)(CC1OC(=O)C(O)C(NC(=O)N(C)c1ccccc1)c1ccco1)C2(C)C. The Morgan fingerprint density at radius 3 is 2.19 bits per heavy atom. The number of anilines is 1. The van der Waals surface area contributed by atoms with Gasteiger partial charge in [-0.15, -0.1) is 0 Å². The number of rotatable bonds is 8. The predicted molar refractivity (Wildman–Crippen MR) is 200 cm³/mol. The summed E-state index contributed by atoms with van der Waals surface area (Å²) in [5.74, 6) is -4.58. The highest BCUT2D eigenvalue weighted by Crippen LogP contribution is 2.63. The molecule has 3 fully saturated rings. The van der Waals surface area contributed by atoms with Crippen molar-refractivity contribution in [2.24, 2.45) is 16.7 Å². The number of Topliss-reactive ketones (excluding diaryl/α,β-unsaturated/α-hetero) is 1. The van der Waals surface area contributed by atoms with Crippen molar-refractivity contribution < 1.29 is 63.3 Å². The highest BCUT2D eigenvalue weighted by molar-refractivity contribution is 5.94. The molecule has 7 rings (SSSR count). The van der Waals surface area contributed by atoms with Crippen molar-refractivity contribution in [3.05, 3.63) is 102 Å². The van der Waals surface area contributed by atoms with Crippen LogP contribution in [-0.4, -0.2) is 111 Å². The Bertz CT molecular complexity index is 2060. The quantitative estimate of drug-likeness (QED) is 0.143. The van der Waals surface area contributed by atoms with E-state index < -0.39 is 101 Å². The fraction of sp³-hybridized carbons (Fsp3) is 0.476. The zero-order valence-electron chi connectivity index (χ0n) is 32.2. The van der Waals surface area contributed by atoms with E-state index in [1.165, 1.54) is 56.3 Å². The Morgan fingerprint density at radius 2 is 1.60 bits per heavy atom. The van der Waals surface area contributed by atoms with Gasteiger partial charge >= 0.3 is 18.0 Å². The molecule has 6 N–H and O–H groups in total. The van der Waals surface area contributed by atoms with Crippen molar-refractivity contribution in [1.82, 2.24) is 5.32 Å². The minimum absolute atomic E-state index is 0.0208. The minimum atomic E-state index is -2.32. The van der Waals surface area contributed by atoms with Gasteiger partial charge in [-0.2, -0.15) is 0 Å². The lowest BCUT2D eigenvalue weighted by molar-refractivity contribution is -0.343. The van der Waals surface area contributed by atoms with Gasteiger partial charge in [-0.25, -0.2) is 14.4 Å². The molecule has 1 aliphatic heterocycles. The largest absolute Gasteiger partial charge is 0.467 e. The fourth-order valence-electron chi connectivity index (χ4n) is 9.50. The Balaban J connectivity index is 1.29. The van der Waals surface area contributed by atoms with Gasteiger partial charge in [0.2, 0.25) is 0 Å². The van der Waals surface area contributed by atoms with Crippen LogP contribution in [0.5, 0.6) is 0 Å². The lowest BCUT2D eigenvalue weighted by atomic mass is 9.44. The number of carbonyl (C=O) groups is 4. The highest BCUT2D eigenvalue weighted by Gasteiger charge is 2.76. The average molecular weight is 789 g/mol. The molecule has 2 aromatic carbocycles. The summed E-state index contributed by atoms with van der Waals surface area (Å²) >= 11 is 0. The summed E-state index contributed by atoms with van der Waals surface area (Å²) in [6.07, 6.45) is -9.20. The number of hydrogen-bond acceptors (Lipinski definition) is 13. The number of nitrogens with one attached hydrogen (secondary N) is 1. The van der Waals surface area contributed by atoms with Crippen molar-refractivity contribution in [2.45, 2.75) is 94.4 Å². The molecule has 11 atom stereocenters. The number of furan rings is 1. The molecule has 57 heavy (non-hydrogen) atoms. The van der Waals surface area contributed by atoms with E-state index in [0.29, 0.717) is 5.69 Å². The maximum Gasteiger partial charge on any atom is 0.338 e. The van der Waals surface area contributed by atoms with Gasteiger partial charge in [0, 0.05) is 36.9 Å². The minimum Gasteiger partial charge on any atom is -0.467 e. The second-order valence-electron chi connectivity index (χ2n) is 16.3. The molecule has 1 aromatic heterocycles. The van der Waals surface area contributed by atoms with Crippen LogP contribution in [0.4, 0.5) is 10.5 Å². The van der Waals surface area contributed by atoms with Crippen molar-refractivity contribution in [3.63, 3.8) is 0 Å². The molecule has 0 spiro atoms. The van der Waals surface area contributed by atoms with Gasteiger partial charge in [-0.1, -0.05) is 50.2 Å². The lowest BCUT2D eigenvalue weighted by Crippen LogP contribution is -2.81. The maximum absolute atomic E-state index is 14.7. The van der Waals surface area contributed by atoms with Crippen LogP contribution in [0.1, 0.15) is 62.7 Å². The summed E-state index contributed by atoms with van der Waals surface area (Å²) in [4.78, 5) is 57.4. The van der Waals surface area contributed by atoms with Gasteiger partial charge in [0.25, 0.3) is 0 Å². The molecule has 2 heterocycles. The van der Waals surface area contributed by atoms with Crippen LogP contribution in [0.25, 0.3) is 0 Å². The summed E-state index contributed by atoms with van der Waals surface area (Å²) in [5.41, 5.74) is -7.10. The molecule has 1 saturated heterocycles. The van der Waals surface area contributed by atoms with Crippen LogP contribution in [0.3, 0.4) is 0 Å². The Hall–Kier alpha value is -4.90. The molecule has 2 saturated carbocycles. The molecule has 2 amide bonds. The number of esters is 2. The monoisotopic (exact) mass is 788 g/mol. The number of ketones is 1. The fourth-order valence-corrected chi connectivity index (χ4v) is 9.50. The van der Waals surface area contributed by atoms with Crippen molar-refractivity contribution >= 4 is 29.4 Å². The molecule has 4 aliphatic rings. The summed E-state index contributed by atoms with van der Waals surface area (Å²) in [5, 5.41) is 63.4. The van der Waals surface area contributed by atoms with Gasteiger partial charge in [-0.3, -0.25) is 9.69 Å². The molecular weight excluding hydrogens is 740 g/mol. The molecule has 15 nitrogen and oxygen atoms in total. The van der Waals surface area contributed by atoms with Crippen molar-refractivity contribution in [1.29, 1.82) is 0 Å². The van der Waals surface area contributed by atoms with E-state index in [-0.39, 0.29) is 35.5 Å². The number of nitrogens with zero attached hydrogens (tertiary/aromatic N) is 1. The number of urea groups is 1. The number of carbonyl (C=O) groups excluding carboxylic acids is 4. The van der Waals surface area contributed by atoms with E-state index in [0.717, 1.165) is 0 Å². The van der Waals surface area contributed by atoms with Crippen molar-refractivity contribution in [3.8, 4) is 0 Å². The molecule has 0 radical (unpaired) electrons. The van der Waals surface area contributed by atoms with Gasteiger partial charge in [0.15, 0.2) is 11.9 Å². The Kier molecular flexibility index (Phi) is 10.2. The number of benzene rings is 2. The first-order chi connectivity index (χ1) is 26.9. The third-order valence-electron chi connectivity index (χ3n) is 13.0. The van der Waals surface area contributed by atoms with Crippen LogP contribution in [0.15, 0.2) is 94.6 Å². The van der Waals surface area contributed by atoms with Crippen LogP contribution < -0.4 is 10.2 Å². The van der Waals surface area contributed by atoms with Crippen LogP contribution >= 0.6 is 0 Å². The average Bonchev–Trinajstić information content (AvgIpc) is 3.73. The number of ether oxygens (including phenoxy) is 3. The van der Waals surface area contributed by atoms with Crippen LogP contribution in [0.2, 0.25) is 0 Å². The molecule has 3 aromatic rings. The smallest absolute Gasteiger partial charge is 0.338 e. The van der Waals surface area contributed by atoms with Gasteiger partial charge in [0.1, 0.15) is 41.3 Å². The maximum atomic E-state index is 14.7. The van der Waals surface area contributed by atoms with Gasteiger partial charge in [0.05, 0.1) is 36.1 Å². The zero-order valence-corrected chi connectivity index (χ0v) is 32.2. The summed E-state index contributed by atoms with van der Waals surface area (Å²) in [7, 11) is 1.50. The van der Waals surface area contributed by atoms with E-state index in [1.54, 1.807) is 62.4 Å². The molecule has 3 aliphatic carbocycles. The summed E-state index contributed by atoms with van der Waals surface area (Å²) < 4.78 is 23.3. The third-order valence-corrected chi connectivity index (χ3v) is 13.0. The van der Waals surface area contributed by atoms with E-state index in [2.05, 4.69) is 5.32 Å². The lowest BCUT2D eigenvalue weighted by Gasteiger charge is -2.66. The van der Waals surface area contributed by atoms with E-state index in [9.17, 15) is 44.7 Å². The molecule has 15 heteroatoms. The number of hydrogen-bond donors (Lipinski definition) is 6. The number of aliphatic hydroxyl groups is 5. The topological polar surface area (TPSA) is 226 Å². The van der Waals surface area contributed by atoms with Gasteiger partial charge < -0.3 is 49.5 Å². The third kappa shape index (κ3) is 6.28. The van der Waals surface area contributed by atoms with E-state index >= 15 is 0 Å². The number of aliphatic hydroxyl groups excluding tert-OH is 3. The second kappa shape index (κ2) is 14.5. The van der Waals surface area contributed by atoms with Crippen molar-refractivity contribution in [2.75, 3.05) is 18.6 Å². The Labute approximate surface area is 328 Å². The van der Waals surface area contributed by atoms with E-state index in [4.69, 9.17) is 18.6 Å². The van der Waals surface area contributed by atoms with Crippen LogP contribution in [0, 0.1) is 16.7 Å². The normalized spacial score (nSPS) is 33.9. The number of fused-ring (bicyclic) bond motifs is 5. The molecule has 9 unspecified atom stereocenters. The Morgan fingerprint density at radius 1 is 0.947 bits per heavy atom. The molecular formula is C42H48N2O13. The first-order valence-electron chi connectivity index (χ1n) is 18.8. The predicted octanol–water partition coefficient (Wildman–Crippen LogP) is 2.60. The van der Waals surface area contributed by atoms with Crippen LogP contribution in [-0.2, 0) is 23.8 Å². The zero-order chi connectivity index (χ0) is 41.2. The highest BCUT2D eigenvalue weighted by atomic mass is 16.6. The summed E-state index contributed by atoms with van der Waals surface area (Å²) in [6.45, 7) is 5.65. The molecule has 304 valence electrons. The first kappa shape index (κ1) is 40.3. The van der Waals surface area contributed by atoms with E-state index in [1.807, 2.05) is 0 Å². The number of para-hydroxylation sites is 1. The number of amides is 2. The first-order valence-corrected chi connectivity index (χ1v) is 18.8. The standard InChI is InChI=1S/C42H48N2O13/c1-22-26(56-37(50)32(47)30(25-17-12-18-54-25)43-38(51)44(5)24-15-10-7-11-16-24)20-42(53)35(57-36(49)23-13-8-6-9-14-23)33-40(4,27(45)19-28-41(33,52)21-55-28)34(48)31(46)29(22)39(42,2)3/h6-18,26-28,30-33,35,45-47,52-53H,19-21H2,1-5H3,(H,43,51)/t26?,27?,28?,30?,31?,32?,33?,35?,40-,41+,42?/m1/s1. The molecule has 2 bridgehead atoms.